The van der Waals surface area contributed by atoms with E-state index < -0.39 is 0 Å². The van der Waals surface area contributed by atoms with Crippen molar-refractivity contribution in [2.75, 3.05) is 11.9 Å². The Kier molecular flexibility index (Phi) is 4.11. The van der Waals surface area contributed by atoms with Crippen molar-refractivity contribution in [3.63, 3.8) is 0 Å². The molecule has 17 heavy (non-hydrogen) atoms. The second-order valence-corrected chi connectivity index (χ2v) is 4.69. The van der Waals surface area contributed by atoms with Gasteiger partial charge in [-0.1, -0.05) is 18.1 Å². The second-order valence-electron chi connectivity index (χ2n) is 3.66. The molecule has 2 rings (SSSR count). The Hall–Kier alpha value is -1.40. The third-order valence-electron chi connectivity index (χ3n) is 2.32. The number of nitrogens with one attached hydrogen (secondary N) is 2. The van der Waals surface area contributed by atoms with Crippen LogP contribution in [-0.2, 0) is 6.54 Å². The van der Waals surface area contributed by atoms with Crippen LogP contribution in [-0.4, -0.2) is 16.7 Å². The van der Waals surface area contributed by atoms with Crippen LogP contribution in [0.5, 0.6) is 0 Å². The van der Waals surface area contributed by atoms with Gasteiger partial charge in [-0.2, -0.15) is 0 Å². The van der Waals surface area contributed by atoms with Crippen LogP contribution in [0.3, 0.4) is 0 Å². The van der Waals surface area contributed by atoms with Crippen molar-refractivity contribution < 1.29 is 4.42 Å². The molecule has 2 heterocycles. The minimum atomic E-state index is 0.0878. The highest BCUT2D eigenvalue weighted by Crippen LogP contribution is 2.15. The SMILES string of the molecule is CCNC(C)c1nnc(NCc2cccs2)o1. The predicted octanol–water partition coefficient (Wildman–Crippen LogP) is 2.41. The molecular formula is C11H16N4OS. The summed E-state index contributed by atoms with van der Waals surface area (Å²) < 4.78 is 5.51. The summed E-state index contributed by atoms with van der Waals surface area (Å²) in [6.07, 6.45) is 0. The largest absolute Gasteiger partial charge is 0.406 e. The van der Waals surface area contributed by atoms with Crippen molar-refractivity contribution in [1.29, 1.82) is 0 Å². The molecular weight excluding hydrogens is 236 g/mol. The molecule has 0 amide bonds. The first-order valence-corrected chi connectivity index (χ1v) is 6.50. The molecule has 5 nitrogen and oxygen atoms in total. The Morgan fingerprint density at radius 3 is 3.06 bits per heavy atom. The first-order valence-electron chi connectivity index (χ1n) is 5.62. The van der Waals surface area contributed by atoms with Gasteiger partial charge in [0.25, 0.3) is 0 Å². The summed E-state index contributed by atoms with van der Waals surface area (Å²) in [6.45, 7) is 5.64. The van der Waals surface area contributed by atoms with Crippen molar-refractivity contribution in [3.8, 4) is 0 Å². The van der Waals surface area contributed by atoms with E-state index >= 15 is 0 Å². The number of nitrogens with zero attached hydrogens (tertiary/aromatic N) is 2. The van der Waals surface area contributed by atoms with E-state index in [0.717, 1.165) is 13.1 Å². The van der Waals surface area contributed by atoms with Crippen molar-refractivity contribution in [1.82, 2.24) is 15.5 Å². The van der Waals surface area contributed by atoms with Crippen molar-refractivity contribution >= 4 is 17.4 Å². The molecule has 0 aliphatic rings. The number of hydrogen-bond donors (Lipinski definition) is 2. The molecule has 0 aromatic carbocycles. The molecule has 0 aliphatic carbocycles. The molecule has 0 spiro atoms. The fourth-order valence-electron chi connectivity index (χ4n) is 1.45. The maximum atomic E-state index is 5.51. The van der Waals surface area contributed by atoms with Crippen molar-refractivity contribution in [2.45, 2.75) is 26.4 Å². The smallest absolute Gasteiger partial charge is 0.315 e. The van der Waals surface area contributed by atoms with Gasteiger partial charge in [0.2, 0.25) is 5.89 Å². The highest BCUT2D eigenvalue weighted by Gasteiger charge is 2.12. The minimum absolute atomic E-state index is 0.0878. The topological polar surface area (TPSA) is 63.0 Å². The summed E-state index contributed by atoms with van der Waals surface area (Å²) in [5, 5.41) is 16.3. The molecule has 2 aromatic heterocycles. The highest BCUT2D eigenvalue weighted by atomic mass is 32.1. The first kappa shape index (κ1) is 12.1. The van der Waals surface area contributed by atoms with Gasteiger partial charge in [0.15, 0.2) is 0 Å². The van der Waals surface area contributed by atoms with Crippen LogP contribution in [0, 0.1) is 0 Å². The molecule has 2 N–H and O–H groups in total. The molecule has 1 unspecified atom stereocenters. The Balaban J connectivity index is 1.89. The normalized spacial score (nSPS) is 12.6. The van der Waals surface area contributed by atoms with Crippen molar-refractivity contribution in [2.24, 2.45) is 0 Å². The summed E-state index contributed by atoms with van der Waals surface area (Å²) in [7, 11) is 0. The second kappa shape index (κ2) is 5.79. The maximum Gasteiger partial charge on any atom is 0.315 e. The van der Waals surface area contributed by atoms with Crippen molar-refractivity contribution in [3.05, 3.63) is 28.3 Å². The van der Waals surface area contributed by atoms with Gasteiger partial charge in [-0.05, 0) is 24.9 Å². The number of thiophene rings is 1. The van der Waals surface area contributed by atoms with E-state index in [9.17, 15) is 0 Å². The average molecular weight is 252 g/mol. The Bertz CT molecular complexity index is 440. The Labute approximate surface area is 104 Å². The fraction of sp³-hybridized carbons (Fsp3) is 0.455. The molecule has 0 aliphatic heterocycles. The molecule has 6 heteroatoms. The lowest BCUT2D eigenvalue weighted by Crippen LogP contribution is -2.17. The lowest BCUT2D eigenvalue weighted by atomic mass is 10.3. The van der Waals surface area contributed by atoms with Crippen LogP contribution < -0.4 is 10.6 Å². The quantitative estimate of drug-likeness (QED) is 0.826. The first-order chi connectivity index (χ1) is 8.29. The molecule has 92 valence electrons. The summed E-state index contributed by atoms with van der Waals surface area (Å²) in [5.41, 5.74) is 0. The van der Waals surface area contributed by atoms with Crippen LogP contribution in [0.1, 0.15) is 30.7 Å². The molecule has 0 saturated carbocycles. The number of anilines is 1. The third kappa shape index (κ3) is 3.28. The molecule has 0 bridgehead atoms. The van der Waals surface area contributed by atoms with Crippen LogP contribution >= 0.6 is 11.3 Å². The molecule has 0 fully saturated rings. The zero-order chi connectivity index (χ0) is 12.1. The van der Waals surface area contributed by atoms with Gasteiger partial charge in [0.1, 0.15) is 0 Å². The van der Waals surface area contributed by atoms with E-state index in [1.807, 2.05) is 25.3 Å². The van der Waals surface area contributed by atoms with Crippen LogP contribution in [0.2, 0.25) is 0 Å². The summed E-state index contributed by atoms with van der Waals surface area (Å²) >= 11 is 1.70. The van der Waals surface area contributed by atoms with Gasteiger partial charge >= 0.3 is 6.01 Å². The summed E-state index contributed by atoms with van der Waals surface area (Å²) in [6, 6.07) is 4.65. The molecule has 0 saturated heterocycles. The molecule has 2 aromatic rings. The fourth-order valence-corrected chi connectivity index (χ4v) is 2.09. The van der Waals surface area contributed by atoms with Gasteiger partial charge in [-0.3, -0.25) is 0 Å². The van der Waals surface area contributed by atoms with E-state index in [1.165, 1.54) is 4.88 Å². The van der Waals surface area contributed by atoms with E-state index in [2.05, 4.69) is 26.9 Å². The Morgan fingerprint density at radius 1 is 1.47 bits per heavy atom. The monoisotopic (exact) mass is 252 g/mol. The van der Waals surface area contributed by atoms with Gasteiger partial charge < -0.3 is 15.1 Å². The zero-order valence-electron chi connectivity index (χ0n) is 9.93. The zero-order valence-corrected chi connectivity index (χ0v) is 10.8. The van der Waals surface area contributed by atoms with Crippen LogP contribution in [0.25, 0.3) is 0 Å². The summed E-state index contributed by atoms with van der Waals surface area (Å²) in [4.78, 5) is 1.24. The number of hydrogen-bond acceptors (Lipinski definition) is 6. The third-order valence-corrected chi connectivity index (χ3v) is 3.19. The van der Waals surface area contributed by atoms with Gasteiger partial charge in [0, 0.05) is 4.88 Å². The molecule has 1 atom stereocenters. The van der Waals surface area contributed by atoms with Gasteiger partial charge in [-0.25, -0.2) is 0 Å². The van der Waals surface area contributed by atoms with E-state index in [0.29, 0.717) is 11.9 Å². The van der Waals surface area contributed by atoms with Gasteiger partial charge in [0.05, 0.1) is 12.6 Å². The van der Waals surface area contributed by atoms with Gasteiger partial charge in [-0.15, -0.1) is 16.4 Å². The van der Waals surface area contributed by atoms with E-state index in [1.54, 1.807) is 11.3 Å². The van der Waals surface area contributed by atoms with Crippen LogP contribution in [0.15, 0.2) is 21.9 Å². The molecule has 0 radical (unpaired) electrons. The lowest BCUT2D eigenvalue weighted by molar-refractivity contribution is 0.429. The standard InChI is InChI=1S/C11H16N4OS/c1-3-12-8(2)10-14-15-11(16-10)13-7-9-5-4-6-17-9/h4-6,8,12H,3,7H2,1-2H3,(H,13,15). The highest BCUT2D eigenvalue weighted by molar-refractivity contribution is 7.09. The van der Waals surface area contributed by atoms with Crippen LogP contribution in [0.4, 0.5) is 6.01 Å². The predicted molar refractivity (Wildman–Crippen MR) is 68.0 cm³/mol. The van der Waals surface area contributed by atoms with E-state index in [4.69, 9.17) is 4.42 Å². The minimum Gasteiger partial charge on any atom is -0.406 e. The number of aromatic nitrogens is 2. The summed E-state index contributed by atoms with van der Waals surface area (Å²) in [5.74, 6) is 0.612. The average Bonchev–Trinajstić information content (AvgIpc) is 2.98. The lowest BCUT2D eigenvalue weighted by Gasteiger charge is -2.05. The maximum absolute atomic E-state index is 5.51. The van der Waals surface area contributed by atoms with E-state index in [-0.39, 0.29) is 6.04 Å². The number of rotatable bonds is 6. The Morgan fingerprint density at radius 2 is 2.35 bits per heavy atom.